The summed E-state index contributed by atoms with van der Waals surface area (Å²) in [6.07, 6.45) is -1.20. The fourth-order valence-corrected chi connectivity index (χ4v) is 1.54. The molecule has 5 nitrogen and oxygen atoms in total. The van der Waals surface area contributed by atoms with Crippen molar-refractivity contribution >= 4 is 12.1 Å². The molecule has 0 spiro atoms. The van der Waals surface area contributed by atoms with Crippen molar-refractivity contribution in [1.29, 1.82) is 0 Å². The fourth-order valence-electron chi connectivity index (χ4n) is 1.54. The van der Waals surface area contributed by atoms with Gasteiger partial charge in [-0.25, -0.2) is 18.4 Å². The Balaban J connectivity index is 2.64. The number of nitrogens with one attached hydrogen (secondary N) is 1. The molecule has 1 aromatic carbocycles. The molecule has 1 atom stereocenters. The summed E-state index contributed by atoms with van der Waals surface area (Å²) in [6.45, 7) is 2.21. The molecule has 0 saturated carbocycles. The van der Waals surface area contributed by atoms with Crippen LogP contribution < -0.4 is 5.32 Å². The lowest BCUT2D eigenvalue weighted by molar-refractivity contribution is -0.155. The molecule has 2 N–H and O–H groups in total. The lowest BCUT2D eigenvalue weighted by atomic mass is 9.98. The van der Waals surface area contributed by atoms with Gasteiger partial charge in [-0.05, 0) is 5.56 Å². The quantitative estimate of drug-likeness (QED) is 0.847. The van der Waals surface area contributed by atoms with Crippen molar-refractivity contribution in [2.45, 2.75) is 32.4 Å². The summed E-state index contributed by atoms with van der Waals surface area (Å²) in [5, 5.41) is 10.5. The van der Waals surface area contributed by atoms with Gasteiger partial charge in [0, 0.05) is 5.92 Å². The number of ether oxygens (including phenoxy) is 1. The molecule has 0 aliphatic rings. The van der Waals surface area contributed by atoms with Crippen LogP contribution in [-0.4, -0.2) is 29.1 Å². The largest absolute Gasteiger partial charge is 0.480 e. The SMILES string of the molecule is CC(C)C(F)(F)C(NC(=O)OCc1ccccc1)C(=O)O. The van der Waals surface area contributed by atoms with Crippen molar-refractivity contribution in [2.75, 3.05) is 0 Å². The molecule has 1 rings (SSSR count). The van der Waals surface area contributed by atoms with Crippen LogP contribution in [0.25, 0.3) is 0 Å². The van der Waals surface area contributed by atoms with Crippen molar-refractivity contribution in [3.63, 3.8) is 0 Å². The molecule has 0 radical (unpaired) electrons. The van der Waals surface area contributed by atoms with E-state index in [1.807, 2.05) is 0 Å². The van der Waals surface area contributed by atoms with E-state index in [0.29, 0.717) is 5.56 Å². The van der Waals surface area contributed by atoms with Gasteiger partial charge in [-0.3, -0.25) is 0 Å². The Bertz CT molecular complexity index is 491. The van der Waals surface area contributed by atoms with Gasteiger partial charge >= 0.3 is 12.1 Å². The molecule has 0 aromatic heterocycles. The Morgan fingerprint density at radius 2 is 1.86 bits per heavy atom. The number of hydrogen-bond acceptors (Lipinski definition) is 3. The summed E-state index contributed by atoms with van der Waals surface area (Å²) >= 11 is 0. The van der Waals surface area contributed by atoms with E-state index in [2.05, 4.69) is 0 Å². The fraction of sp³-hybridized carbons (Fsp3) is 0.429. The maximum atomic E-state index is 13.7. The smallest absolute Gasteiger partial charge is 0.408 e. The molecule has 21 heavy (non-hydrogen) atoms. The monoisotopic (exact) mass is 301 g/mol. The summed E-state index contributed by atoms with van der Waals surface area (Å²) < 4.78 is 32.2. The van der Waals surface area contributed by atoms with Crippen LogP contribution in [0.2, 0.25) is 0 Å². The lowest BCUT2D eigenvalue weighted by Gasteiger charge is -2.27. The second-order valence-corrected chi connectivity index (χ2v) is 4.81. The van der Waals surface area contributed by atoms with E-state index in [1.54, 1.807) is 35.6 Å². The number of amides is 1. The first kappa shape index (κ1) is 16.9. The van der Waals surface area contributed by atoms with Gasteiger partial charge in [0.05, 0.1) is 0 Å². The van der Waals surface area contributed by atoms with Crippen LogP contribution in [0.15, 0.2) is 30.3 Å². The molecule has 1 aromatic rings. The standard InChI is InChI=1S/C14H17F2NO4/c1-9(2)14(15,16)11(12(18)19)17-13(20)21-8-10-6-4-3-5-7-10/h3-7,9,11H,8H2,1-2H3,(H,17,20)(H,18,19). The molecule has 0 aliphatic carbocycles. The number of hydrogen-bond donors (Lipinski definition) is 2. The number of halogens is 2. The van der Waals surface area contributed by atoms with Gasteiger partial charge in [0.2, 0.25) is 0 Å². The number of alkyl carbamates (subject to hydrolysis) is 1. The van der Waals surface area contributed by atoms with Crippen LogP contribution in [0.5, 0.6) is 0 Å². The molecule has 116 valence electrons. The first-order valence-electron chi connectivity index (χ1n) is 6.33. The zero-order valence-electron chi connectivity index (χ0n) is 11.7. The van der Waals surface area contributed by atoms with Crippen LogP contribution in [0.4, 0.5) is 13.6 Å². The van der Waals surface area contributed by atoms with Gasteiger partial charge in [-0.2, -0.15) is 0 Å². The van der Waals surface area contributed by atoms with E-state index in [9.17, 15) is 18.4 Å². The summed E-state index contributed by atoms with van der Waals surface area (Å²) in [7, 11) is 0. The second kappa shape index (κ2) is 7.01. The predicted octanol–water partition coefficient (Wildman–Crippen LogP) is 2.66. The summed E-state index contributed by atoms with van der Waals surface area (Å²) in [5.74, 6) is -6.64. The van der Waals surface area contributed by atoms with Crippen LogP contribution >= 0.6 is 0 Å². The van der Waals surface area contributed by atoms with Crippen molar-refractivity contribution in [2.24, 2.45) is 5.92 Å². The minimum atomic E-state index is -3.59. The number of alkyl halides is 2. The van der Waals surface area contributed by atoms with Crippen molar-refractivity contribution < 1.29 is 28.2 Å². The molecule has 0 heterocycles. The topological polar surface area (TPSA) is 75.6 Å². The highest BCUT2D eigenvalue weighted by Crippen LogP contribution is 2.28. The second-order valence-electron chi connectivity index (χ2n) is 4.81. The van der Waals surface area contributed by atoms with Gasteiger partial charge in [0.25, 0.3) is 5.92 Å². The minimum absolute atomic E-state index is 0.133. The van der Waals surface area contributed by atoms with E-state index < -0.39 is 29.9 Å². The Kier molecular flexibility index (Phi) is 5.63. The molecule has 0 fully saturated rings. The number of aliphatic carboxylic acids is 1. The Morgan fingerprint density at radius 3 is 2.33 bits per heavy atom. The first-order valence-corrected chi connectivity index (χ1v) is 6.33. The molecule has 0 saturated heterocycles. The molecule has 1 unspecified atom stereocenters. The third-order valence-electron chi connectivity index (χ3n) is 2.88. The number of carbonyl (C=O) groups excluding carboxylic acids is 1. The molecule has 7 heteroatoms. The van der Waals surface area contributed by atoms with Gasteiger partial charge in [-0.15, -0.1) is 0 Å². The van der Waals surface area contributed by atoms with E-state index in [-0.39, 0.29) is 6.61 Å². The van der Waals surface area contributed by atoms with Gasteiger partial charge < -0.3 is 15.2 Å². The Labute approximate surface area is 120 Å². The van der Waals surface area contributed by atoms with Crippen molar-refractivity contribution in [1.82, 2.24) is 5.32 Å². The average Bonchev–Trinajstić information content (AvgIpc) is 2.43. The van der Waals surface area contributed by atoms with E-state index in [1.165, 1.54) is 13.8 Å². The molecular weight excluding hydrogens is 284 g/mol. The van der Waals surface area contributed by atoms with E-state index in [0.717, 1.165) is 0 Å². The minimum Gasteiger partial charge on any atom is -0.480 e. The molecule has 1 amide bonds. The average molecular weight is 301 g/mol. The first-order chi connectivity index (χ1) is 9.75. The van der Waals surface area contributed by atoms with Crippen LogP contribution in [0, 0.1) is 5.92 Å². The lowest BCUT2D eigenvalue weighted by Crippen LogP contribution is -2.55. The number of carbonyl (C=O) groups is 2. The molecular formula is C14H17F2NO4. The maximum Gasteiger partial charge on any atom is 0.408 e. The van der Waals surface area contributed by atoms with Crippen LogP contribution in [0.1, 0.15) is 19.4 Å². The number of benzene rings is 1. The molecule has 0 aliphatic heterocycles. The van der Waals surface area contributed by atoms with Crippen molar-refractivity contribution in [3.8, 4) is 0 Å². The number of rotatable bonds is 6. The molecule has 0 bridgehead atoms. The third-order valence-corrected chi connectivity index (χ3v) is 2.88. The van der Waals surface area contributed by atoms with Gasteiger partial charge in [0.1, 0.15) is 6.61 Å². The zero-order valence-corrected chi connectivity index (χ0v) is 11.7. The Hall–Kier alpha value is -2.18. The van der Waals surface area contributed by atoms with E-state index >= 15 is 0 Å². The van der Waals surface area contributed by atoms with E-state index in [4.69, 9.17) is 9.84 Å². The third kappa shape index (κ3) is 4.70. The zero-order chi connectivity index (χ0) is 16.0. The highest BCUT2D eigenvalue weighted by molar-refractivity contribution is 5.81. The normalized spacial score (nSPS) is 12.8. The number of carboxylic acid groups (broad SMARTS) is 1. The van der Waals surface area contributed by atoms with Gasteiger partial charge in [0.15, 0.2) is 6.04 Å². The maximum absolute atomic E-state index is 13.7. The summed E-state index contributed by atoms with van der Waals surface area (Å²) in [4.78, 5) is 22.4. The summed E-state index contributed by atoms with van der Waals surface area (Å²) in [6, 6.07) is 6.26. The van der Waals surface area contributed by atoms with Crippen LogP contribution in [-0.2, 0) is 16.1 Å². The Morgan fingerprint density at radius 1 is 1.29 bits per heavy atom. The number of carboxylic acids is 1. The highest BCUT2D eigenvalue weighted by atomic mass is 19.3. The van der Waals surface area contributed by atoms with Crippen molar-refractivity contribution in [3.05, 3.63) is 35.9 Å². The van der Waals surface area contributed by atoms with Gasteiger partial charge in [-0.1, -0.05) is 44.2 Å². The highest BCUT2D eigenvalue weighted by Gasteiger charge is 2.48. The summed E-state index contributed by atoms with van der Waals surface area (Å²) in [5.41, 5.74) is 0.662. The predicted molar refractivity (Wildman–Crippen MR) is 71.0 cm³/mol. The van der Waals surface area contributed by atoms with Crippen LogP contribution in [0.3, 0.4) is 0 Å².